The van der Waals surface area contributed by atoms with Gasteiger partial charge >= 0.3 is 5.97 Å². The van der Waals surface area contributed by atoms with Crippen LogP contribution >= 0.6 is 0 Å². The molecule has 2 heterocycles. The zero-order chi connectivity index (χ0) is 19.0. The Morgan fingerprint density at radius 3 is 2.19 bits per heavy atom. The second kappa shape index (κ2) is 7.21. The van der Waals surface area contributed by atoms with Crippen LogP contribution < -0.4 is 0 Å². The van der Waals surface area contributed by atoms with Crippen molar-refractivity contribution in [2.75, 3.05) is 0 Å². The summed E-state index contributed by atoms with van der Waals surface area (Å²) in [5.74, 6) is -0.667. The molecule has 2 aromatic carbocycles. The molecule has 5 nitrogen and oxygen atoms in total. The number of hydrogen-bond donors (Lipinski definition) is 0. The largest absolute Gasteiger partial charge is 0.614 e. The normalized spacial score (nSPS) is 24.1. The maximum absolute atomic E-state index is 12.9. The van der Waals surface area contributed by atoms with Crippen molar-refractivity contribution < 1.29 is 18.9 Å². The molecule has 2 aromatic rings. The highest BCUT2D eigenvalue weighted by molar-refractivity contribution is 7.93. The smallest absolute Gasteiger partial charge is 0.341 e. The summed E-state index contributed by atoms with van der Waals surface area (Å²) in [4.78, 5) is 26.1. The molecule has 0 bridgehead atoms. The molecule has 0 saturated carbocycles. The van der Waals surface area contributed by atoms with Crippen LogP contribution in [-0.4, -0.2) is 32.0 Å². The fraction of sp³-hybridized carbons (Fsp3) is 0.238. The number of benzene rings is 2. The molecule has 0 spiro atoms. The van der Waals surface area contributed by atoms with Crippen LogP contribution in [0, 0.1) is 0 Å². The van der Waals surface area contributed by atoms with E-state index in [1.165, 1.54) is 11.1 Å². The second-order valence-corrected chi connectivity index (χ2v) is 8.53. The number of amides is 1. The summed E-state index contributed by atoms with van der Waals surface area (Å²) in [7, 11) is 0. The maximum Gasteiger partial charge on any atom is 0.341 e. The highest BCUT2D eigenvalue weighted by Crippen LogP contribution is 2.36. The van der Waals surface area contributed by atoms with Gasteiger partial charge in [0.05, 0.1) is 6.42 Å². The Morgan fingerprint density at radius 2 is 1.67 bits per heavy atom. The molecule has 27 heavy (non-hydrogen) atoms. The van der Waals surface area contributed by atoms with Crippen molar-refractivity contribution in [3.05, 3.63) is 83.6 Å². The molecular formula is C21H19NO4S. The first-order valence-corrected chi connectivity index (χ1v) is 10.1. The third kappa shape index (κ3) is 3.26. The van der Waals surface area contributed by atoms with E-state index in [1.54, 1.807) is 6.92 Å². The lowest BCUT2D eigenvalue weighted by Crippen LogP contribution is -2.59. The Morgan fingerprint density at radius 1 is 1.11 bits per heavy atom. The van der Waals surface area contributed by atoms with Crippen LogP contribution in [0.25, 0.3) is 0 Å². The maximum atomic E-state index is 12.9. The van der Waals surface area contributed by atoms with Crippen LogP contribution in [0.1, 0.15) is 30.6 Å². The van der Waals surface area contributed by atoms with Crippen molar-refractivity contribution in [2.24, 2.45) is 0 Å². The lowest BCUT2D eigenvalue weighted by atomic mass is 10.0. The number of fused-ring (bicyclic) bond motifs is 1. The quantitative estimate of drug-likeness (QED) is 0.464. The van der Waals surface area contributed by atoms with Crippen LogP contribution in [0.5, 0.6) is 0 Å². The predicted molar refractivity (Wildman–Crippen MR) is 102 cm³/mol. The van der Waals surface area contributed by atoms with Crippen LogP contribution in [0.15, 0.2) is 72.4 Å². The van der Waals surface area contributed by atoms with Crippen molar-refractivity contribution in [2.45, 2.75) is 30.1 Å². The molecule has 1 fully saturated rings. The van der Waals surface area contributed by atoms with Gasteiger partial charge < -0.3 is 9.29 Å². The first-order chi connectivity index (χ1) is 13.1. The van der Waals surface area contributed by atoms with E-state index in [0.717, 1.165) is 11.1 Å². The molecule has 1 amide bonds. The van der Waals surface area contributed by atoms with Gasteiger partial charge in [-0.1, -0.05) is 60.7 Å². The van der Waals surface area contributed by atoms with Gasteiger partial charge in [0.25, 0.3) is 0 Å². The fourth-order valence-corrected chi connectivity index (χ4v) is 4.93. The van der Waals surface area contributed by atoms with Gasteiger partial charge in [-0.25, -0.2) is 4.79 Å². The SMILES string of the molecule is CC1C(C(=O)OC(c2ccccc2)c2ccccc2)=CN2C(=O)C[C@H]2[S+]1[O-]. The van der Waals surface area contributed by atoms with Gasteiger partial charge in [-0.05, 0) is 29.2 Å². The number of β-lactam (4-membered cyclic amide) rings is 1. The topological polar surface area (TPSA) is 69.7 Å². The zero-order valence-corrected chi connectivity index (χ0v) is 15.6. The fourth-order valence-electron chi connectivity index (χ4n) is 3.34. The van der Waals surface area contributed by atoms with Crippen molar-refractivity contribution in [3.8, 4) is 0 Å². The molecule has 4 rings (SSSR count). The van der Waals surface area contributed by atoms with Crippen molar-refractivity contribution in [3.63, 3.8) is 0 Å². The zero-order valence-electron chi connectivity index (χ0n) is 14.8. The lowest BCUT2D eigenvalue weighted by molar-refractivity contribution is -0.143. The molecule has 2 unspecified atom stereocenters. The minimum Gasteiger partial charge on any atom is -0.614 e. The van der Waals surface area contributed by atoms with Gasteiger partial charge in [0.15, 0.2) is 6.10 Å². The predicted octanol–water partition coefficient (Wildman–Crippen LogP) is 2.91. The highest BCUT2D eigenvalue weighted by atomic mass is 32.2. The minimum atomic E-state index is -1.31. The average molecular weight is 381 g/mol. The average Bonchev–Trinajstić information content (AvgIpc) is 2.70. The van der Waals surface area contributed by atoms with Crippen molar-refractivity contribution in [1.82, 2.24) is 4.90 Å². The molecule has 0 aliphatic carbocycles. The van der Waals surface area contributed by atoms with E-state index in [-0.39, 0.29) is 23.3 Å². The Bertz CT molecular complexity index is 844. The summed E-state index contributed by atoms with van der Waals surface area (Å²) in [5.41, 5.74) is 1.97. The summed E-state index contributed by atoms with van der Waals surface area (Å²) in [6.07, 6.45) is 1.20. The lowest BCUT2D eigenvalue weighted by Gasteiger charge is -2.43. The number of hydrogen-bond acceptors (Lipinski definition) is 4. The summed E-state index contributed by atoms with van der Waals surface area (Å²) < 4.78 is 18.4. The van der Waals surface area contributed by atoms with E-state index < -0.39 is 28.5 Å². The van der Waals surface area contributed by atoms with Gasteiger partial charge in [0.1, 0.15) is 10.8 Å². The summed E-state index contributed by atoms with van der Waals surface area (Å²) >= 11 is -1.31. The van der Waals surface area contributed by atoms with E-state index >= 15 is 0 Å². The van der Waals surface area contributed by atoms with Gasteiger partial charge in [-0.3, -0.25) is 9.69 Å². The summed E-state index contributed by atoms with van der Waals surface area (Å²) in [5, 5.41) is -0.790. The molecule has 3 atom stereocenters. The number of nitrogens with zero attached hydrogens (tertiary/aromatic N) is 1. The third-order valence-electron chi connectivity index (χ3n) is 4.95. The number of rotatable bonds is 4. The van der Waals surface area contributed by atoms with Crippen LogP contribution in [0.4, 0.5) is 0 Å². The van der Waals surface area contributed by atoms with Gasteiger partial charge in [0.2, 0.25) is 11.3 Å². The third-order valence-corrected chi connectivity index (χ3v) is 6.83. The number of carbonyl (C=O) groups excluding carboxylic acids is 2. The first kappa shape index (κ1) is 17.8. The number of ether oxygens (including phenoxy) is 1. The Hall–Kier alpha value is -2.57. The van der Waals surface area contributed by atoms with E-state index in [4.69, 9.17) is 4.74 Å². The molecule has 1 saturated heterocycles. The Labute approximate surface area is 160 Å². The molecule has 138 valence electrons. The number of carbonyl (C=O) groups is 2. The van der Waals surface area contributed by atoms with E-state index in [1.807, 2.05) is 60.7 Å². The molecular weight excluding hydrogens is 362 g/mol. The van der Waals surface area contributed by atoms with Crippen LogP contribution in [0.3, 0.4) is 0 Å². The molecule has 6 heteroatoms. The van der Waals surface area contributed by atoms with E-state index in [2.05, 4.69) is 0 Å². The van der Waals surface area contributed by atoms with Gasteiger partial charge in [-0.2, -0.15) is 0 Å². The molecule has 0 radical (unpaired) electrons. The Balaban J connectivity index is 1.63. The van der Waals surface area contributed by atoms with E-state index in [0.29, 0.717) is 0 Å². The second-order valence-electron chi connectivity index (χ2n) is 6.62. The molecule has 2 aliphatic rings. The minimum absolute atomic E-state index is 0.117. The van der Waals surface area contributed by atoms with Crippen LogP contribution in [-0.2, 0) is 25.5 Å². The highest BCUT2D eigenvalue weighted by Gasteiger charge is 2.51. The van der Waals surface area contributed by atoms with Crippen molar-refractivity contribution >= 4 is 23.1 Å². The van der Waals surface area contributed by atoms with Crippen LogP contribution in [0.2, 0.25) is 0 Å². The monoisotopic (exact) mass is 381 g/mol. The molecule has 0 aromatic heterocycles. The van der Waals surface area contributed by atoms with E-state index in [9.17, 15) is 14.1 Å². The summed E-state index contributed by atoms with van der Waals surface area (Å²) in [6.45, 7) is 1.74. The standard InChI is InChI=1S/C21H19NO4S/c1-14-17(13-22-18(23)12-19(22)27(14)25)21(24)26-20(15-8-4-2-5-9-15)16-10-6-3-7-11-16/h2-11,13-14,19-20H,12H2,1H3/t14?,19-,27?/m1/s1. The molecule has 2 aliphatic heterocycles. The Kier molecular flexibility index (Phi) is 4.76. The van der Waals surface area contributed by atoms with Gasteiger partial charge in [-0.15, -0.1) is 0 Å². The first-order valence-electron chi connectivity index (χ1n) is 8.79. The molecule has 0 N–H and O–H groups in total. The number of esters is 1. The van der Waals surface area contributed by atoms with Gasteiger partial charge in [0, 0.05) is 6.20 Å². The van der Waals surface area contributed by atoms with Crippen molar-refractivity contribution in [1.29, 1.82) is 0 Å². The summed E-state index contributed by atoms with van der Waals surface area (Å²) in [6, 6.07) is 19.0.